The van der Waals surface area contributed by atoms with Gasteiger partial charge in [-0.3, -0.25) is 4.72 Å². The number of hydrogen-bond acceptors (Lipinski definition) is 3. The lowest BCUT2D eigenvalue weighted by Crippen LogP contribution is -2.14. The summed E-state index contributed by atoms with van der Waals surface area (Å²) in [5, 5.41) is 8.93. The summed E-state index contributed by atoms with van der Waals surface area (Å²) < 4.78 is 27.9. The Morgan fingerprint density at radius 2 is 1.46 bits per heavy atom. The molecule has 0 saturated heterocycles. The lowest BCUT2D eigenvalue weighted by atomic mass is 10.0. The molecule has 0 heterocycles. The Morgan fingerprint density at radius 1 is 0.846 bits per heavy atom. The summed E-state index contributed by atoms with van der Waals surface area (Å²) in [6.45, 7) is 0. The fourth-order valence-corrected chi connectivity index (χ4v) is 3.67. The molecule has 0 aromatic heterocycles. The molecule has 0 bridgehead atoms. The van der Waals surface area contributed by atoms with E-state index in [1.165, 1.54) is 24.3 Å². The fourth-order valence-electron chi connectivity index (χ4n) is 2.57. The van der Waals surface area contributed by atoms with Crippen molar-refractivity contribution in [3.63, 3.8) is 0 Å². The summed E-state index contributed by atoms with van der Waals surface area (Å²) >= 11 is 0. The molecule has 26 heavy (non-hydrogen) atoms. The molecule has 0 fully saturated rings. The van der Waals surface area contributed by atoms with Gasteiger partial charge in [-0.25, -0.2) is 13.2 Å². The third-order valence-electron chi connectivity index (χ3n) is 3.91. The van der Waals surface area contributed by atoms with Gasteiger partial charge in [-0.1, -0.05) is 48.5 Å². The summed E-state index contributed by atoms with van der Waals surface area (Å²) in [4.78, 5) is 10.9. The zero-order chi connectivity index (χ0) is 18.6. The number of nitrogens with one attached hydrogen (secondary N) is 1. The molecule has 6 heteroatoms. The monoisotopic (exact) mass is 367 g/mol. The first-order valence-electron chi connectivity index (χ1n) is 7.94. The molecule has 0 spiro atoms. The average Bonchev–Trinajstić information content (AvgIpc) is 2.64. The molecule has 5 nitrogen and oxygen atoms in total. The first kappa shape index (κ1) is 17.7. The Morgan fingerprint density at radius 3 is 2.12 bits per heavy atom. The number of para-hydroxylation sites is 1. The Labute approximate surface area is 152 Å². The van der Waals surface area contributed by atoms with Gasteiger partial charge in [0.2, 0.25) is 0 Å². The second-order valence-corrected chi connectivity index (χ2v) is 7.44. The topological polar surface area (TPSA) is 83.5 Å². The summed E-state index contributed by atoms with van der Waals surface area (Å²) in [6.07, 6.45) is 0.595. The van der Waals surface area contributed by atoms with Crippen molar-refractivity contribution in [1.29, 1.82) is 0 Å². The van der Waals surface area contributed by atoms with E-state index in [1.807, 2.05) is 42.5 Å². The van der Waals surface area contributed by atoms with Crippen LogP contribution in [0.3, 0.4) is 0 Å². The molecule has 3 aromatic rings. The van der Waals surface area contributed by atoms with Gasteiger partial charge >= 0.3 is 5.97 Å². The highest BCUT2D eigenvalue weighted by molar-refractivity contribution is 7.92. The molecular weight excluding hydrogens is 350 g/mol. The lowest BCUT2D eigenvalue weighted by Gasteiger charge is -2.13. The number of benzene rings is 3. The van der Waals surface area contributed by atoms with Crippen LogP contribution in [-0.4, -0.2) is 19.5 Å². The maximum Gasteiger partial charge on any atom is 0.335 e. The van der Waals surface area contributed by atoms with Gasteiger partial charge in [-0.2, -0.15) is 0 Å². The van der Waals surface area contributed by atoms with Crippen molar-refractivity contribution in [2.45, 2.75) is 11.3 Å². The van der Waals surface area contributed by atoms with Crippen LogP contribution in [0.2, 0.25) is 0 Å². The van der Waals surface area contributed by atoms with Gasteiger partial charge in [0.1, 0.15) is 0 Å². The normalized spacial score (nSPS) is 11.1. The van der Waals surface area contributed by atoms with Crippen LogP contribution in [0.5, 0.6) is 0 Å². The molecule has 0 radical (unpaired) electrons. The molecule has 0 aliphatic carbocycles. The number of aromatic carboxylic acids is 1. The lowest BCUT2D eigenvalue weighted by molar-refractivity contribution is 0.0696. The second kappa shape index (κ2) is 7.41. The molecule has 0 unspecified atom stereocenters. The van der Waals surface area contributed by atoms with Crippen LogP contribution >= 0.6 is 0 Å². The molecule has 0 aliphatic rings. The van der Waals surface area contributed by atoms with E-state index < -0.39 is 16.0 Å². The van der Waals surface area contributed by atoms with Crippen LogP contribution in [0.1, 0.15) is 21.5 Å². The fraction of sp³-hybridized carbons (Fsp3) is 0.0500. The van der Waals surface area contributed by atoms with Crippen molar-refractivity contribution < 1.29 is 18.3 Å². The van der Waals surface area contributed by atoms with Crippen LogP contribution < -0.4 is 4.72 Å². The second-order valence-electron chi connectivity index (χ2n) is 5.75. The Kier molecular flexibility index (Phi) is 5.04. The molecular formula is C20H17NO4S. The number of sulfonamides is 1. The number of anilines is 1. The molecule has 0 amide bonds. The smallest absolute Gasteiger partial charge is 0.335 e. The predicted octanol–water partition coefficient (Wildman–Crippen LogP) is 3.78. The molecule has 2 N–H and O–H groups in total. The van der Waals surface area contributed by atoms with Gasteiger partial charge in [0, 0.05) is 0 Å². The summed E-state index contributed by atoms with van der Waals surface area (Å²) in [5.41, 5.74) is 2.46. The van der Waals surface area contributed by atoms with Gasteiger partial charge in [0.05, 0.1) is 16.1 Å². The Hall–Kier alpha value is -3.12. The highest BCUT2D eigenvalue weighted by Gasteiger charge is 2.16. The average molecular weight is 367 g/mol. The van der Waals surface area contributed by atoms with E-state index in [4.69, 9.17) is 5.11 Å². The number of carbonyl (C=O) groups is 1. The molecule has 0 saturated carbocycles. The number of carboxylic acid groups (broad SMARTS) is 1. The number of rotatable bonds is 6. The van der Waals surface area contributed by atoms with Crippen molar-refractivity contribution in [3.8, 4) is 0 Å². The van der Waals surface area contributed by atoms with Gasteiger partial charge in [-0.05, 0) is 47.9 Å². The van der Waals surface area contributed by atoms with E-state index >= 15 is 0 Å². The van der Waals surface area contributed by atoms with E-state index in [1.54, 1.807) is 12.1 Å². The van der Waals surface area contributed by atoms with Gasteiger partial charge < -0.3 is 5.11 Å². The van der Waals surface area contributed by atoms with Crippen molar-refractivity contribution in [2.24, 2.45) is 0 Å². The summed E-state index contributed by atoms with van der Waals surface area (Å²) in [5.74, 6) is -1.10. The van der Waals surface area contributed by atoms with Gasteiger partial charge in [0.15, 0.2) is 0 Å². The maximum atomic E-state index is 12.6. The minimum absolute atomic E-state index is 0.0111. The quantitative estimate of drug-likeness (QED) is 0.694. The van der Waals surface area contributed by atoms with E-state index in [-0.39, 0.29) is 10.5 Å². The van der Waals surface area contributed by atoms with Crippen LogP contribution in [0.25, 0.3) is 0 Å². The zero-order valence-electron chi connectivity index (χ0n) is 13.8. The largest absolute Gasteiger partial charge is 0.478 e. The zero-order valence-corrected chi connectivity index (χ0v) is 14.6. The minimum atomic E-state index is -3.81. The van der Waals surface area contributed by atoms with E-state index in [2.05, 4.69) is 4.72 Å². The van der Waals surface area contributed by atoms with Crippen molar-refractivity contribution >= 4 is 21.7 Å². The number of hydrogen-bond donors (Lipinski definition) is 2. The van der Waals surface area contributed by atoms with Crippen molar-refractivity contribution in [3.05, 3.63) is 95.6 Å². The molecule has 0 aliphatic heterocycles. The first-order chi connectivity index (χ1) is 12.5. The number of carboxylic acids is 1. The predicted molar refractivity (Wildman–Crippen MR) is 99.9 cm³/mol. The third kappa shape index (κ3) is 4.10. The van der Waals surface area contributed by atoms with Crippen LogP contribution in [0.15, 0.2) is 83.8 Å². The molecule has 0 atom stereocenters. The maximum absolute atomic E-state index is 12.6. The highest BCUT2D eigenvalue weighted by Crippen LogP contribution is 2.23. The Bertz CT molecular complexity index is 1010. The van der Waals surface area contributed by atoms with Crippen molar-refractivity contribution in [2.75, 3.05) is 4.72 Å². The van der Waals surface area contributed by atoms with Gasteiger partial charge in [0.25, 0.3) is 10.0 Å². The SMILES string of the molecule is O=C(O)c1ccc(S(=O)(=O)Nc2ccccc2Cc2ccccc2)cc1. The molecule has 132 valence electrons. The molecule has 3 rings (SSSR count). The Balaban J connectivity index is 1.87. The molecule has 3 aromatic carbocycles. The van der Waals surface area contributed by atoms with Gasteiger partial charge in [-0.15, -0.1) is 0 Å². The van der Waals surface area contributed by atoms with E-state index in [0.717, 1.165) is 11.1 Å². The summed E-state index contributed by atoms with van der Waals surface area (Å²) in [7, 11) is -3.81. The van der Waals surface area contributed by atoms with E-state index in [9.17, 15) is 13.2 Å². The van der Waals surface area contributed by atoms with Crippen molar-refractivity contribution in [1.82, 2.24) is 0 Å². The minimum Gasteiger partial charge on any atom is -0.478 e. The standard InChI is InChI=1S/C20H17NO4S/c22-20(23)16-10-12-18(13-11-16)26(24,25)21-19-9-5-4-8-17(19)14-15-6-2-1-3-7-15/h1-13,21H,14H2,(H,22,23). The van der Waals surface area contributed by atoms with Crippen LogP contribution in [0, 0.1) is 0 Å². The van der Waals surface area contributed by atoms with E-state index in [0.29, 0.717) is 12.1 Å². The first-order valence-corrected chi connectivity index (χ1v) is 9.42. The summed E-state index contributed by atoms with van der Waals surface area (Å²) in [6, 6.07) is 22.1. The highest BCUT2D eigenvalue weighted by atomic mass is 32.2. The van der Waals surface area contributed by atoms with Crippen LogP contribution in [-0.2, 0) is 16.4 Å². The third-order valence-corrected chi connectivity index (χ3v) is 5.29. The van der Waals surface area contributed by atoms with Crippen LogP contribution in [0.4, 0.5) is 5.69 Å².